The molecule has 0 spiro atoms. The fourth-order valence-corrected chi connectivity index (χ4v) is 1.71. The molecule has 0 aliphatic rings. The molecule has 98 valence electrons. The minimum Gasteiger partial charge on any atom is -0.481 e. The zero-order valence-electron chi connectivity index (χ0n) is 9.31. The third kappa shape index (κ3) is 3.66. The second-order valence-electron chi connectivity index (χ2n) is 3.68. The molecule has 1 unspecified atom stereocenters. The summed E-state index contributed by atoms with van der Waals surface area (Å²) in [4.78, 5) is 20.6. The van der Waals surface area contributed by atoms with Crippen molar-refractivity contribution < 1.29 is 19.2 Å². The quantitative estimate of drug-likeness (QED) is 0.642. The normalized spacial score (nSPS) is 11.9. The van der Waals surface area contributed by atoms with Crippen molar-refractivity contribution in [2.24, 2.45) is 0 Å². The van der Waals surface area contributed by atoms with Crippen LogP contribution < -0.4 is 5.32 Å². The molecule has 0 aliphatic carbocycles. The lowest BCUT2D eigenvalue weighted by Gasteiger charge is -2.13. The molecule has 0 heterocycles. The molecule has 0 amide bonds. The topological polar surface area (TPSA) is 92.5 Å². The van der Waals surface area contributed by atoms with E-state index < -0.39 is 22.8 Å². The highest BCUT2D eigenvalue weighted by atomic mass is 79.9. The van der Waals surface area contributed by atoms with Crippen molar-refractivity contribution in [3.05, 3.63) is 32.5 Å². The summed E-state index contributed by atoms with van der Waals surface area (Å²) in [5, 5.41) is 22.0. The molecule has 0 aliphatic heterocycles. The lowest BCUT2D eigenvalue weighted by molar-refractivity contribution is -0.384. The maximum absolute atomic E-state index is 13.3. The number of nitrogens with one attached hydrogen (secondary N) is 1. The number of carboxylic acid groups (broad SMARTS) is 1. The molecule has 0 saturated heterocycles. The van der Waals surface area contributed by atoms with Crippen molar-refractivity contribution in [1.82, 2.24) is 0 Å². The van der Waals surface area contributed by atoms with Crippen molar-refractivity contribution in [3.8, 4) is 0 Å². The first kappa shape index (κ1) is 14.4. The van der Waals surface area contributed by atoms with E-state index in [1.165, 1.54) is 6.92 Å². The molecule has 6 nitrogen and oxygen atoms in total. The van der Waals surface area contributed by atoms with Gasteiger partial charge in [-0.2, -0.15) is 0 Å². The van der Waals surface area contributed by atoms with Gasteiger partial charge in [0.1, 0.15) is 11.5 Å². The van der Waals surface area contributed by atoms with Gasteiger partial charge in [-0.05, 0) is 22.9 Å². The van der Waals surface area contributed by atoms with Gasteiger partial charge in [0.15, 0.2) is 0 Å². The summed E-state index contributed by atoms with van der Waals surface area (Å²) in [5.74, 6) is -1.71. The number of nitrogens with zero attached hydrogens (tertiary/aromatic N) is 1. The second kappa shape index (κ2) is 5.76. The van der Waals surface area contributed by atoms with Gasteiger partial charge in [0.2, 0.25) is 0 Å². The van der Waals surface area contributed by atoms with Gasteiger partial charge < -0.3 is 10.4 Å². The predicted octanol–water partition coefficient (Wildman–Crippen LogP) is 2.77. The van der Waals surface area contributed by atoms with Crippen LogP contribution in [0.5, 0.6) is 0 Å². The summed E-state index contributed by atoms with van der Waals surface area (Å²) in [6.45, 7) is 1.54. The molecule has 18 heavy (non-hydrogen) atoms. The average molecular weight is 321 g/mol. The van der Waals surface area contributed by atoms with E-state index in [1.54, 1.807) is 0 Å². The number of nitro groups is 1. The Balaban J connectivity index is 3.03. The smallest absolute Gasteiger partial charge is 0.305 e. The molecule has 2 N–H and O–H groups in total. The van der Waals surface area contributed by atoms with Crippen molar-refractivity contribution in [2.45, 2.75) is 19.4 Å². The zero-order valence-corrected chi connectivity index (χ0v) is 10.9. The minimum absolute atomic E-state index is 0.0226. The van der Waals surface area contributed by atoms with E-state index in [0.29, 0.717) is 0 Å². The number of carbonyl (C=O) groups is 1. The molecule has 1 aromatic rings. The summed E-state index contributed by atoms with van der Waals surface area (Å²) in [6, 6.07) is 1.44. The van der Waals surface area contributed by atoms with Crippen LogP contribution in [0.3, 0.4) is 0 Å². The van der Waals surface area contributed by atoms with Crippen molar-refractivity contribution >= 4 is 33.3 Å². The lowest BCUT2D eigenvalue weighted by Crippen LogP contribution is -2.20. The van der Waals surface area contributed by atoms with Gasteiger partial charge in [-0.3, -0.25) is 14.9 Å². The fourth-order valence-electron chi connectivity index (χ4n) is 1.38. The van der Waals surface area contributed by atoms with Gasteiger partial charge in [0, 0.05) is 18.2 Å². The Morgan fingerprint density at radius 1 is 1.67 bits per heavy atom. The number of hydrogen-bond donors (Lipinski definition) is 2. The van der Waals surface area contributed by atoms with Crippen LogP contribution in [0.2, 0.25) is 0 Å². The minimum atomic E-state index is -1.05. The Bertz CT molecular complexity index is 495. The molecule has 8 heteroatoms. The standard InChI is InChI=1S/C10H10BrFN2O4/c1-5(2-10(15)16)13-8-4-7(12)6(11)3-9(8)14(17)18/h3-5,13H,2H2,1H3,(H,15,16). The van der Waals surface area contributed by atoms with Gasteiger partial charge in [-0.15, -0.1) is 0 Å². The molecule has 0 fully saturated rings. The Morgan fingerprint density at radius 3 is 2.78 bits per heavy atom. The third-order valence-corrected chi connectivity index (χ3v) is 2.73. The first-order valence-corrected chi connectivity index (χ1v) is 5.72. The van der Waals surface area contributed by atoms with Crippen LogP contribution in [0.15, 0.2) is 16.6 Å². The number of benzene rings is 1. The van der Waals surface area contributed by atoms with E-state index in [0.717, 1.165) is 12.1 Å². The number of aliphatic carboxylic acids is 1. The van der Waals surface area contributed by atoms with Crippen LogP contribution in [0.4, 0.5) is 15.8 Å². The molecule has 1 rings (SSSR count). The molecule has 0 radical (unpaired) electrons. The van der Waals surface area contributed by atoms with Crippen molar-refractivity contribution in [3.63, 3.8) is 0 Å². The van der Waals surface area contributed by atoms with Crippen molar-refractivity contribution in [1.29, 1.82) is 0 Å². The van der Waals surface area contributed by atoms with Crippen LogP contribution in [0.25, 0.3) is 0 Å². The molecule has 0 bridgehead atoms. The summed E-state index contributed by atoms with van der Waals surface area (Å²) in [7, 11) is 0. The van der Waals surface area contributed by atoms with Crippen LogP contribution in [0, 0.1) is 15.9 Å². The third-order valence-electron chi connectivity index (χ3n) is 2.12. The van der Waals surface area contributed by atoms with Gasteiger partial charge in [0.25, 0.3) is 5.69 Å². The molecular formula is C10H10BrFN2O4. The van der Waals surface area contributed by atoms with Crippen LogP contribution >= 0.6 is 15.9 Å². The predicted molar refractivity (Wildman–Crippen MR) is 66.1 cm³/mol. The largest absolute Gasteiger partial charge is 0.481 e. The number of nitro benzene ring substituents is 1. The molecule has 0 aromatic heterocycles. The number of rotatable bonds is 5. The number of halogens is 2. The molecule has 1 atom stereocenters. The number of anilines is 1. The summed E-state index contributed by atoms with van der Waals surface area (Å²) in [5.41, 5.74) is -0.366. The average Bonchev–Trinajstić information content (AvgIpc) is 2.21. The molecule has 1 aromatic carbocycles. The van der Waals surface area contributed by atoms with E-state index >= 15 is 0 Å². The maximum atomic E-state index is 13.3. The number of carboxylic acids is 1. The summed E-state index contributed by atoms with van der Waals surface area (Å²) in [6.07, 6.45) is -0.227. The van der Waals surface area contributed by atoms with Crippen LogP contribution in [0.1, 0.15) is 13.3 Å². The Kier molecular flexibility index (Phi) is 4.60. The Labute approximate surface area is 110 Å². The lowest BCUT2D eigenvalue weighted by atomic mass is 10.2. The van der Waals surface area contributed by atoms with Gasteiger partial charge in [-0.25, -0.2) is 4.39 Å². The molecule has 0 saturated carbocycles. The molecular weight excluding hydrogens is 311 g/mol. The van der Waals surface area contributed by atoms with E-state index in [-0.39, 0.29) is 22.3 Å². The van der Waals surface area contributed by atoms with E-state index in [2.05, 4.69) is 21.2 Å². The first-order chi connectivity index (χ1) is 8.31. The van der Waals surface area contributed by atoms with Crippen LogP contribution in [-0.2, 0) is 4.79 Å². The highest BCUT2D eigenvalue weighted by Crippen LogP contribution is 2.31. The highest BCUT2D eigenvalue weighted by Gasteiger charge is 2.19. The van der Waals surface area contributed by atoms with Crippen molar-refractivity contribution in [2.75, 3.05) is 5.32 Å². The van der Waals surface area contributed by atoms with Gasteiger partial charge in [-0.1, -0.05) is 0 Å². The van der Waals surface area contributed by atoms with E-state index in [4.69, 9.17) is 5.11 Å². The monoisotopic (exact) mass is 320 g/mol. The van der Waals surface area contributed by atoms with Gasteiger partial charge >= 0.3 is 5.97 Å². The Hall–Kier alpha value is -1.70. The SMILES string of the molecule is CC(CC(=O)O)Nc1cc(F)c(Br)cc1[N+](=O)[O-]. The number of hydrogen-bond acceptors (Lipinski definition) is 4. The summed E-state index contributed by atoms with van der Waals surface area (Å²) >= 11 is 2.85. The summed E-state index contributed by atoms with van der Waals surface area (Å²) < 4.78 is 13.3. The maximum Gasteiger partial charge on any atom is 0.305 e. The Morgan fingerprint density at radius 2 is 2.28 bits per heavy atom. The zero-order chi connectivity index (χ0) is 13.9. The van der Waals surface area contributed by atoms with E-state index in [9.17, 15) is 19.3 Å². The fraction of sp³-hybridized carbons (Fsp3) is 0.300. The second-order valence-corrected chi connectivity index (χ2v) is 4.54. The first-order valence-electron chi connectivity index (χ1n) is 4.93. The highest BCUT2D eigenvalue weighted by molar-refractivity contribution is 9.10. The van der Waals surface area contributed by atoms with Crippen LogP contribution in [-0.4, -0.2) is 22.0 Å². The van der Waals surface area contributed by atoms with Gasteiger partial charge in [0.05, 0.1) is 15.8 Å². The van der Waals surface area contributed by atoms with E-state index in [1.807, 2.05) is 0 Å².